The maximum atomic E-state index is 14.3. The lowest BCUT2D eigenvalue weighted by Gasteiger charge is -2.30. The quantitative estimate of drug-likeness (QED) is 0.360. The van der Waals surface area contributed by atoms with Gasteiger partial charge in [-0.25, -0.2) is 9.78 Å². The number of benzene rings is 1. The van der Waals surface area contributed by atoms with E-state index in [1.54, 1.807) is 6.07 Å². The van der Waals surface area contributed by atoms with E-state index in [9.17, 15) is 18.0 Å². The van der Waals surface area contributed by atoms with Gasteiger partial charge in [0.25, 0.3) is 0 Å². The highest BCUT2D eigenvalue weighted by atomic mass is 19.4. The van der Waals surface area contributed by atoms with Crippen molar-refractivity contribution in [3.8, 4) is 17.3 Å². The smallest absolute Gasteiger partial charge is 0.408 e. The predicted molar refractivity (Wildman–Crippen MR) is 132 cm³/mol. The molecule has 2 atom stereocenters. The van der Waals surface area contributed by atoms with Crippen molar-refractivity contribution in [3.05, 3.63) is 54.2 Å². The second-order valence-corrected chi connectivity index (χ2v) is 9.87. The van der Waals surface area contributed by atoms with Gasteiger partial charge in [-0.2, -0.15) is 13.2 Å². The Morgan fingerprint density at radius 1 is 1.13 bits per heavy atom. The molecule has 1 aliphatic heterocycles. The van der Waals surface area contributed by atoms with Crippen molar-refractivity contribution < 1.29 is 27.8 Å². The lowest BCUT2D eigenvalue weighted by Crippen LogP contribution is -2.40. The topological polar surface area (TPSA) is 105 Å². The number of hydrogen-bond acceptors (Lipinski definition) is 6. The number of carbonyl (C=O) groups is 1. The fourth-order valence-corrected chi connectivity index (χ4v) is 5.02. The van der Waals surface area contributed by atoms with E-state index in [1.807, 2.05) is 24.3 Å². The van der Waals surface area contributed by atoms with E-state index < -0.39 is 24.4 Å². The van der Waals surface area contributed by atoms with E-state index in [0.717, 1.165) is 18.2 Å². The van der Waals surface area contributed by atoms with Crippen molar-refractivity contribution >= 4 is 22.6 Å². The summed E-state index contributed by atoms with van der Waals surface area (Å²) in [7, 11) is 0. The van der Waals surface area contributed by atoms with Crippen LogP contribution in [0.15, 0.2) is 48.7 Å². The summed E-state index contributed by atoms with van der Waals surface area (Å²) < 4.78 is 50.4. The summed E-state index contributed by atoms with van der Waals surface area (Å²) in [5, 5.41) is 20.5. The van der Waals surface area contributed by atoms with E-state index in [0.29, 0.717) is 47.4 Å². The average Bonchev–Trinajstić information content (AvgIpc) is 3.45. The summed E-state index contributed by atoms with van der Waals surface area (Å²) in [6.07, 6.45) is -1.82. The third kappa shape index (κ3) is 4.83. The van der Waals surface area contributed by atoms with Gasteiger partial charge in [0.1, 0.15) is 23.0 Å². The fraction of sp³-hybridized carbons (Fsp3) is 0.385. The highest BCUT2D eigenvalue weighted by Crippen LogP contribution is 2.40. The number of fused-ring (bicyclic) bond motifs is 2. The first kappa shape index (κ1) is 24.4. The number of nitrogens with one attached hydrogen (secondary N) is 1. The van der Waals surface area contributed by atoms with Gasteiger partial charge in [-0.3, -0.25) is 9.30 Å². The van der Waals surface area contributed by atoms with Gasteiger partial charge in [0.2, 0.25) is 0 Å². The summed E-state index contributed by atoms with van der Waals surface area (Å²) in [4.78, 5) is 17.0. The minimum Gasteiger partial charge on any atom is -0.491 e. The number of amides is 1. The Balaban J connectivity index is 1.36. The maximum Gasteiger partial charge on any atom is 0.408 e. The molecule has 1 aliphatic carbocycles. The number of hydrogen-bond donors (Lipinski definition) is 2. The first-order chi connectivity index (χ1) is 18.3. The van der Waals surface area contributed by atoms with Crippen LogP contribution in [0.2, 0.25) is 0 Å². The molecule has 6 rings (SSSR count). The number of likely N-dealkylation sites (tertiary alicyclic amines) is 1. The van der Waals surface area contributed by atoms with Gasteiger partial charge in [-0.1, -0.05) is 24.3 Å². The van der Waals surface area contributed by atoms with Crippen LogP contribution in [0.3, 0.4) is 0 Å². The Morgan fingerprint density at radius 3 is 2.74 bits per heavy atom. The SMILES string of the molecule is O=C(O)N[C@@H]1CCN(C(c2ccc3nnc(-c4ccc5cccc(OCC6CC6)c5n4)n3c2)C(F)(F)F)C1. The van der Waals surface area contributed by atoms with Gasteiger partial charge in [0.05, 0.1) is 6.61 Å². The van der Waals surface area contributed by atoms with Crippen LogP contribution >= 0.6 is 0 Å². The molecule has 4 aromatic rings. The molecule has 0 radical (unpaired) electrons. The van der Waals surface area contributed by atoms with E-state index in [1.165, 1.54) is 27.6 Å². The second-order valence-electron chi connectivity index (χ2n) is 9.87. The number of aromatic nitrogens is 4. The van der Waals surface area contributed by atoms with Crippen LogP contribution in [-0.2, 0) is 0 Å². The first-order valence-corrected chi connectivity index (χ1v) is 12.4. The van der Waals surface area contributed by atoms with E-state index in [4.69, 9.17) is 14.8 Å². The van der Waals surface area contributed by atoms with Gasteiger partial charge >= 0.3 is 12.3 Å². The molecule has 9 nitrogen and oxygen atoms in total. The molecule has 2 aliphatic rings. The van der Waals surface area contributed by atoms with Crippen LogP contribution in [0.1, 0.15) is 30.9 Å². The molecule has 3 aromatic heterocycles. The van der Waals surface area contributed by atoms with E-state index >= 15 is 0 Å². The summed E-state index contributed by atoms with van der Waals surface area (Å²) in [5.41, 5.74) is 1.51. The zero-order valence-corrected chi connectivity index (χ0v) is 20.2. The number of halogens is 3. The monoisotopic (exact) mass is 526 g/mol. The number of nitrogens with zero attached hydrogens (tertiary/aromatic N) is 5. The lowest BCUT2D eigenvalue weighted by molar-refractivity contribution is -0.184. The molecule has 1 aromatic carbocycles. The summed E-state index contributed by atoms with van der Waals surface area (Å²) >= 11 is 0. The molecule has 1 saturated heterocycles. The number of ether oxygens (including phenoxy) is 1. The normalized spacial score (nSPS) is 19.2. The molecular weight excluding hydrogens is 501 g/mol. The van der Waals surface area contributed by atoms with Crippen molar-refractivity contribution in [2.45, 2.75) is 37.5 Å². The molecule has 2 fully saturated rings. The standard InChI is InChI=1S/C26H25F3N6O3/c27-26(28,29)23(34-11-10-18(13-34)30-25(36)37)17-7-9-21-32-33-24(35(21)12-17)19-8-6-16-2-1-3-20(22(16)31-19)38-14-15-4-5-15/h1-3,6-9,12,15,18,23,30H,4-5,10-11,13-14H2,(H,36,37)/t18-,23?/m1/s1. The molecule has 0 bridgehead atoms. The van der Waals surface area contributed by atoms with Crippen LogP contribution in [0.4, 0.5) is 18.0 Å². The minimum atomic E-state index is -4.57. The zero-order chi connectivity index (χ0) is 26.4. The van der Waals surface area contributed by atoms with Crippen LogP contribution in [-0.4, -0.2) is 67.6 Å². The third-order valence-electron chi connectivity index (χ3n) is 7.05. The molecule has 1 saturated carbocycles. The molecule has 2 N–H and O–H groups in total. The lowest BCUT2D eigenvalue weighted by atomic mass is 10.1. The molecule has 1 unspecified atom stereocenters. The summed E-state index contributed by atoms with van der Waals surface area (Å²) in [6, 6.07) is 9.74. The Bertz CT molecular complexity index is 1500. The summed E-state index contributed by atoms with van der Waals surface area (Å²) in [5.74, 6) is 1.54. The van der Waals surface area contributed by atoms with Gasteiger partial charge in [0, 0.05) is 30.7 Å². The molecule has 0 spiro atoms. The number of alkyl halides is 3. The van der Waals surface area contributed by atoms with Gasteiger partial charge in [0.15, 0.2) is 11.5 Å². The fourth-order valence-electron chi connectivity index (χ4n) is 5.02. The molecule has 4 heterocycles. The van der Waals surface area contributed by atoms with Crippen molar-refractivity contribution in [2.24, 2.45) is 5.92 Å². The Kier molecular flexibility index (Phi) is 6.05. The molecule has 198 valence electrons. The minimum absolute atomic E-state index is 0.0104. The Morgan fingerprint density at radius 2 is 1.97 bits per heavy atom. The summed E-state index contributed by atoms with van der Waals surface area (Å²) in [6.45, 7) is 0.692. The van der Waals surface area contributed by atoms with Crippen LogP contribution < -0.4 is 10.1 Å². The highest BCUT2D eigenvalue weighted by molar-refractivity contribution is 5.86. The van der Waals surface area contributed by atoms with Crippen molar-refractivity contribution in [2.75, 3.05) is 19.7 Å². The third-order valence-corrected chi connectivity index (χ3v) is 7.05. The first-order valence-electron chi connectivity index (χ1n) is 12.4. The second kappa shape index (κ2) is 9.43. The predicted octanol–water partition coefficient (Wildman–Crippen LogP) is 4.68. The van der Waals surface area contributed by atoms with E-state index in [2.05, 4.69) is 15.5 Å². The maximum absolute atomic E-state index is 14.3. The molecule has 12 heteroatoms. The van der Waals surface area contributed by atoms with Gasteiger partial charge < -0.3 is 15.2 Å². The number of para-hydroxylation sites is 1. The number of pyridine rings is 2. The highest BCUT2D eigenvalue weighted by Gasteiger charge is 2.47. The number of carboxylic acid groups (broad SMARTS) is 1. The van der Waals surface area contributed by atoms with Gasteiger partial charge in [-0.05, 0) is 48.9 Å². The Hall–Kier alpha value is -3.93. The molecule has 38 heavy (non-hydrogen) atoms. The molecular formula is C26H25F3N6O3. The van der Waals surface area contributed by atoms with Crippen molar-refractivity contribution in [1.82, 2.24) is 29.8 Å². The van der Waals surface area contributed by atoms with Crippen LogP contribution in [0, 0.1) is 5.92 Å². The number of rotatable bonds is 7. The van der Waals surface area contributed by atoms with E-state index in [-0.39, 0.29) is 18.7 Å². The zero-order valence-electron chi connectivity index (χ0n) is 20.2. The van der Waals surface area contributed by atoms with Crippen molar-refractivity contribution in [3.63, 3.8) is 0 Å². The van der Waals surface area contributed by atoms with Crippen molar-refractivity contribution in [1.29, 1.82) is 0 Å². The average molecular weight is 527 g/mol. The largest absolute Gasteiger partial charge is 0.491 e. The van der Waals surface area contributed by atoms with Gasteiger partial charge in [-0.15, -0.1) is 10.2 Å². The molecule has 1 amide bonds. The van der Waals surface area contributed by atoms with Crippen LogP contribution in [0.25, 0.3) is 28.1 Å². The Labute approximate surface area is 215 Å². The van der Waals surface area contributed by atoms with Crippen LogP contribution in [0.5, 0.6) is 5.75 Å².